The van der Waals surface area contributed by atoms with Gasteiger partial charge >= 0.3 is 0 Å². The first-order valence-corrected chi connectivity index (χ1v) is 7.39. The van der Waals surface area contributed by atoms with Crippen molar-refractivity contribution in [3.63, 3.8) is 0 Å². The van der Waals surface area contributed by atoms with Crippen LogP contribution >= 0.6 is 0 Å². The fourth-order valence-electron chi connectivity index (χ4n) is 2.34. The van der Waals surface area contributed by atoms with Gasteiger partial charge in [-0.05, 0) is 24.6 Å². The maximum atomic E-state index is 12.2. The highest BCUT2D eigenvalue weighted by atomic mass is 16.5. The molecular weight excluding hydrogens is 284 g/mol. The van der Waals surface area contributed by atoms with Gasteiger partial charge in [0.1, 0.15) is 11.8 Å². The topological polar surface area (TPSA) is 67.9 Å². The summed E-state index contributed by atoms with van der Waals surface area (Å²) in [6.07, 6.45) is 0.241. The lowest BCUT2D eigenvalue weighted by Crippen LogP contribution is -2.50. The van der Waals surface area contributed by atoms with E-state index in [9.17, 15) is 9.59 Å². The summed E-state index contributed by atoms with van der Waals surface area (Å²) in [7, 11) is 1.60. The zero-order valence-corrected chi connectivity index (χ0v) is 13.0. The molecule has 1 fully saturated rings. The van der Waals surface area contributed by atoms with Crippen LogP contribution in [-0.2, 0) is 20.7 Å². The largest absolute Gasteiger partial charge is 0.497 e. The van der Waals surface area contributed by atoms with Crippen LogP contribution in [0, 0.1) is 0 Å². The van der Waals surface area contributed by atoms with E-state index in [1.807, 2.05) is 24.3 Å². The number of rotatable bonds is 5. The lowest BCUT2D eigenvalue weighted by molar-refractivity contribution is -0.139. The Morgan fingerprint density at radius 2 is 1.91 bits per heavy atom. The van der Waals surface area contributed by atoms with E-state index in [0.717, 1.165) is 11.3 Å². The minimum Gasteiger partial charge on any atom is -0.497 e. The number of carbonyl (C=O) groups is 2. The summed E-state index contributed by atoms with van der Waals surface area (Å²) in [5.41, 5.74) is 0.879. The van der Waals surface area contributed by atoms with Gasteiger partial charge in [0.15, 0.2) is 0 Å². The molecule has 6 heteroatoms. The van der Waals surface area contributed by atoms with Crippen LogP contribution in [0.2, 0.25) is 0 Å². The van der Waals surface area contributed by atoms with Crippen molar-refractivity contribution in [1.29, 1.82) is 0 Å². The molecule has 1 N–H and O–H groups in total. The fraction of sp³-hybridized carbons (Fsp3) is 0.500. The van der Waals surface area contributed by atoms with Crippen molar-refractivity contribution in [2.45, 2.75) is 19.4 Å². The van der Waals surface area contributed by atoms with Crippen LogP contribution < -0.4 is 10.1 Å². The molecule has 1 aromatic carbocycles. The molecule has 0 aromatic heterocycles. The quantitative estimate of drug-likeness (QED) is 0.865. The average Bonchev–Trinajstić information content (AvgIpc) is 2.55. The highest BCUT2D eigenvalue weighted by Gasteiger charge is 2.23. The Balaban J connectivity index is 1.83. The Morgan fingerprint density at radius 3 is 2.50 bits per heavy atom. The molecule has 1 heterocycles. The lowest BCUT2D eigenvalue weighted by Gasteiger charge is -2.29. The number of hydrogen-bond donors (Lipinski definition) is 1. The van der Waals surface area contributed by atoms with Crippen LogP contribution in [-0.4, -0.2) is 56.2 Å². The Bertz CT molecular complexity index is 509. The van der Waals surface area contributed by atoms with E-state index in [1.165, 1.54) is 0 Å². The summed E-state index contributed by atoms with van der Waals surface area (Å²) >= 11 is 0. The molecular formula is C16H22N2O4. The summed E-state index contributed by atoms with van der Waals surface area (Å²) in [5.74, 6) is 0.519. The van der Waals surface area contributed by atoms with Gasteiger partial charge in [-0.15, -0.1) is 0 Å². The Labute approximate surface area is 130 Å². The molecule has 1 aliphatic heterocycles. The van der Waals surface area contributed by atoms with Crippen molar-refractivity contribution in [2.75, 3.05) is 33.4 Å². The molecule has 120 valence electrons. The van der Waals surface area contributed by atoms with Gasteiger partial charge in [0, 0.05) is 13.1 Å². The number of nitrogens with one attached hydrogen (secondary N) is 1. The van der Waals surface area contributed by atoms with Crippen molar-refractivity contribution < 1.29 is 19.1 Å². The van der Waals surface area contributed by atoms with Crippen LogP contribution in [0.4, 0.5) is 0 Å². The first kappa shape index (κ1) is 16.3. The van der Waals surface area contributed by atoms with Gasteiger partial charge in [0.25, 0.3) is 0 Å². The number of morpholine rings is 1. The van der Waals surface area contributed by atoms with E-state index < -0.39 is 6.04 Å². The molecule has 2 amide bonds. The molecule has 1 unspecified atom stereocenters. The molecule has 2 rings (SSSR count). The third-order valence-electron chi connectivity index (χ3n) is 3.59. The van der Waals surface area contributed by atoms with Crippen LogP contribution in [0.25, 0.3) is 0 Å². The van der Waals surface area contributed by atoms with Gasteiger partial charge in [-0.25, -0.2) is 0 Å². The second-order valence-electron chi connectivity index (χ2n) is 5.25. The molecule has 22 heavy (non-hydrogen) atoms. The Hall–Kier alpha value is -2.08. The van der Waals surface area contributed by atoms with E-state index in [1.54, 1.807) is 18.9 Å². The standard InChI is InChI=1S/C16H22N2O4/c1-12(16(20)18-7-9-22-10-8-18)17-15(19)11-13-3-5-14(21-2)6-4-13/h3-6,12H,7-11H2,1-2H3,(H,17,19). The molecule has 0 aliphatic carbocycles. The lowest BCUT2D eigenvalue weighted by atomic mass is 10.1. The maximum Gasteiger partial charge on any atom is 0.245 e. The van der Waals surface area contributed by atoms with Gasteiger partial charge in [-0.3, -0.25) is 9.59 Å². The molecule has 0 bridgehead atoms. The van der Waals surface area contributed by atoms with E-state index in [-0.39, 0.29) is 18.2 Å². The van der Waals surface area contributed by atoms with Crippen LogP contribution in [0.5, 0.6) is 5.75 Å². The van der Waals surface area contributed by atoms with Crippen molar-refractivity contribution >= 4 is 11.8 Å². The first-order chi connectivity index (χ1) is 10.6. The molecule has 0 saturated carbocycles. The summed E-state index contributed by atoms with van der Waals surface area (Å²) in [6, 6.07) is 6.78. The van der Waals surface area contributed by atoms with Crippen molar-refractivity contribution in [3.8, 4) is 5.75 Å². The van der Waals surface area contributed by atoms with E-state index in [4.69, 9.17) is 9.47 Å². The number of benzene rings is 1. The summed E-state index contributed by atoms with van der Waals surface area (Å²) in [4.78, 5) is 26.0. The molecule has 1 saturated heterocycles. The van der Waals surface area contributed by atoms with Crippen LogP contribution in [0.3, 0.4) is 0 Å². The average molecular weight is 306 g/mol. The van der Waals surface area contributed by atoms with Crippen LogP contribution in [0.15, 0.2) is 24.3 Å². The number of nitrogens with zero attached hydrogens (tertiary/aromatic N) is 1. The number of methoxy groups -OCH3 is 1. The van der Waals surface area contributed by atoms with Gasteiger partial charge in [-0.2, -0.15) is 0 Å². The smallest absolute Gasteiger partial charge is 0.245 e. The second kappa shape index (κ2) is 7.79. The monoisotopic (exact) mass is 306 g/mol. The minimum atomic E-state index is -0.524. The predicted octanol–water partition coefficient (Wildman–Crippen LogP) is 0.601. The molecule has 0 radical (unpaired) electrons. The fourth-order valence-corrected chi connectivity index (χ4v) is 2.34. The van der Waals surface area contributed by atoms with E-state index in [0.29, 0.717) is 26.3 Å². The van der Waals surface area contributed by atoms with Gasteiger partial charge in [0.05, 0.1) is 26.7 Å². The molecule has 1 atom stereocenters. The summed E-state index contributed by atoms with van der Waals surface area (Å²) in [6.45, 7) is 3.98. The number of amides is 2. The highest BCUT2D eigenvalue weighted by molar-refractivity contribution is 5.88. The van der Waals surface area contributed by atoms with Gasteiger partial charge in [-0.1, -0.05) is 12.1 Å². The Morgan fingerprint density at radius 1 is 1.27 bits per heavy atom. The third kappa shape index (κ3) is 4.46. The number of carbonyl (C=O) groups excluding carboxylic acids is 2. The SMILES string of the molecule is COc1ccc(CC(=O)NC(C)C(=O)N2CCOCC2)cc1. The normalized spacial score (nSPS) is 16.0. The first-order valence-electron chi connectivity index (χ1n) is 7.39. The zero-order chi connectivity index (χ0) is 15.9. The van der Waals surface area contributed by atoms with Gasteiger partial charge in [0.2, 0.25) is 11.8 Å². The highest BCUT2D eigenvalue weighted by Crippen LogP contribution is 2.11. The van der Waals surface area contributed by atoms with Crippen molar-refractivity contribution in [1.82, 2.24) is 10.2 Å². The maximum absolute atomic E-state index is 12.2. The second-order valence-corrected chi connectivity index (χ2v) is 5.25. The molecule has 1 aliphatic rings. The zero-order valence-electron chi connectivity index (χ0n) is 13.0. The summed E-state index contributed by atoms with van der Waals surface area (Å²) in [5, 5.41) is 2.75. The number of hydrogen-bond acceptors (Lipinski definition) is 4. The molecule has 0 spiro atoms. The van der Waals surface area contributed by atoms with Gasteiger partial charge < -0.3 is 19.7 Å². The van der Waals surface area contributed by atoms with E-state index in [2.05, 4.69) is 5.32 Å². The summed E-state index contributed by atoms with van der Waals surface area (Å²) < 4.78 is 10.3. The van der Waals surface area contributed by atoms with Crippen molar-refractivity contribution in [2.24, 2.45) is 0 Å². The van der Waals surface area contributed by atoms with E-state index >= 15 is 0 Å². The van der Waals surface area contributed by atoms with Crippen molar-refractivity contribution in [3.05, 3.63) is 29.8 Å². The third-order valence-corrected chi connectivity index (χ3v) is 3.59. The molecule has 6 nitrogen and oxygen atoms in total. The van der Waals surface area contributed by atoms with Crippen LogP contribution in [0.1, 0.15) is 12.5 Å². The number of ether oxygens (including phenoxy) is 2. The molecule has 1 aromatic rings. The Kier molecular flexibility index (Phi) is 5.77. The predicted molar refractivity (Wildman–Crippen MR) is 81.7 cm³/mol. The minimum absolute atomic E-state index is 0.0635.